The molecular formula is C14H13N3S3. The van der Waals surface area contributed by atoms with Crippen molar-refractivity contribution in [2.45, 2.75) is 12.5 Å². The number of hydrogen-bond acceptors (Lipinski definition) is 5. The van der Waals surface area contributed by atoms with Crippen LogP contribution in [0.3, 0.4) is 0 Å². The van der Waals surface area contributed by atoms with Gasteiger partial charge in [-0.2, -0.15) is 0 Å². The Balaban J connectivity index is 1.64. The SMILES string of the molecule is CNC(Cc1cn2ccsc2n1)c1cc2sccc2s1. The summed E-state index contributed by atoms with van der Waals surface area (Å²) in [5.74, 6) is 0. The van der Waals surface area contributed by atoms with Gasteiger partial charge in [-0.05, 0) is 24.6 Å². The number of likely N-dealkylation sites (N-methyl/N-ethyl adjacent to an activating group) is 1. The number of hydrogen-bond donors (Lipinski definition) is 1. The molecule has 0 bridgehead atoms. The Kier molecular flexibility index (Phi) is 3.11. The van der Waals surface area contributed by atoms with Crippen molar-refractivity contribution in [2.75, 3.05) is 7.05 Å². The molecule has 0 aliphatic rings. The van der Waals surface area contributed by atoms with Gasteiger partial charge in [-0.15, -0.1) is 34.0 Å². The molecule has 4 heterocycles. The van der Waals surface area contributed by atoms with Crippen LogP contribution in [0.5, 0.6) is 0 Å². The van der Waals surface area contributed by atoms with Crippen molar-refractivity contribution >= 4 is 48.4 Å². The Morgan fingerprint density at radius 2 is 2.25 bits per heavy atom. The largest absolute Gasteiger partial charge is 0.312 e. The van der Waals surface area contributed by atoms with Crippen LogP contribution in [-0.4, -0.2) is 16.4 Å². The van der Waals surface area contributed by atoms with E-state index in [0.29, 0.717) is 6.04 Å². The van der Waals surface area contributed by atoms with E-state index in [-0.39, 0.29) is 0 Å². The van der Waals surface area contributed by atoms with Crippen molar-refractivity contribution in [3.05, 3.63) is 45.9 Å². The molecule has 1 unspecified atom stereocenters. The number of imidazole rings is 1. The number of thiazole rings is 1. The molecule has 0 aliphatic heterocycles. The monoisotopic (exact) mass is 319 g/mol. The Morgan fingerprint density at radius 3 is 3.05 bits per heavy atom. The maximum Gasteiger partial charge on any atom is 0.193 e. The average molecular weight is 319 g/mol. The molecule has 6 heteroatoms. The van der Waals surface area contributed by atoms with E-state index in [0.717, 1.165) is 17.1 Å². The summed E-state index contributed by atoms with van der Waals surface area (Å²) < 4.78 is 4.87. The highest BCUT2D eigenvalue weighted by Gasteiger charge is 2.16. The zero-order chi connectivity index (χ0) is 13.5. The molecule has 20 heavy (non-hydrogen) atoms. The van der Waals surface area contributed by atoms with E-state index < -0.39 is 0 Å². The van der Waals surface area contributed by atoms with E-state index in [2.05, 4.69) is 50.0 Å². The van der Waals surface area contributed by atoms with Crippen LogP contribution in [0.4, 0.5) is 0 Å². The van der Waals surface area contributed by atoms with E-state index in [1.165, 1.54) is 14.3 Å². The topological polar surface area (TPSA) is 29.3 Å². The summed E-state index contributed by atoms with van der Waals surface area (Å²) in [4.78, 5) is 7.14. The van der Waals surface area contributed by atoms with E-state index >= 15 is 0 Å². The molecule has 3 nitrogen and oxygen atoms in total. The molecule has 1 atom stereocenters. The number of aromatic nitrogens is 2. The van der Waals surface area contributed by atoms with Crippen LogP contribution < -0.4 is 5.32 Å². The van der Waals surface area contributed by atoms with Gasteiger partial charge >= 0.3 is 0 Å². The first-order valence-electron chi connectivity index (χ1n) is 6.39. The van der Waals surface area contributed by atoms with Gasteiger partial charge in [0.25, 0.3) is 0 Å². The predicted octanol–water partition coefficient (Wildman–Crippen LogP) is 4.18. The van der Waals surface area contributed by atoms with Crippen molar-refractivity contribution in [2.24, 2.45) is 0 Å². The molecule has 102 valence electrons. The molecular weight excluding hydrogens is 306 g/mol. The maximum absolute atomic E-state index is 4.68. The van der Waals surface area contributed by atoms with Crippen molar-refractivity contribution in [3.8, 4) is 0 Å². The molecule has 0 amide bonds. The van der Waals surface area contributed by atoms with E-state index in [1.807, 2.05) is 29.7 Å². The number of thiophene rings is 2. The molecule has 1 N–H and O–H groups in total. The van der Waals surface area contributed by atoms with Crippen molar-refractivity contribution in [1.29, 1.82) is 0 Å². The molecule has 0 fully saturated rings. The lowest BCUT2D eigenvalue weighted by Crippen LogP contribution is -2.17. The number of fused-ring (bicyclic) bond motifs is 2. The van der Waals surface area contributed by atoms with Gasteiger partial charge in [-0.25, -0.2) is 4.98 Å². The second-order valence-electron chi connectivity index (χ2n) is 4.67. The summed E-state index contributed by atoms with van der Waals surface area (Å²) in [5, 5.41) is 7.64. The molecule has 0 aliphatic carbocycles. The van der Waals surface area contributed by atoms with Gasteiger partial charge in [0.2, 0.25) is 0 Å². The van der Waals surface area contributed by atoms with Gasteiger partial charge in [0.05, 0.1) is 5.69 Å². The Labute approximate surface area is 128 Å². The van der Waals surface area contributed by atoms with Crippen LogP contribution in [-0.2, 0) is 6.42 Å². The molecule has 0 radical (unpaired) electrons. The first-order valence-corrected chi connectivity index (χ1v) is 8.96. The van der Waals surface area contributed by atoms with Crippen LogP contribution in [0.25, 0.3) is 14.4 Å². The smallest absolute Gasteiger partial charge is 0.193 e. The predicted molar refractivity (Wildman–Crippen MR) is 88.3 cm³/mol. The Bertz CT molecular complexity index is 794. The third-order valence-electron chi connectivity index (χ3n) is 3.41. The Morgan fingerprint density at radius 1 is 1.30 bits per heavy atom. The van der Waals surface area contributed by atoms with Crippen molar-refractivity contribution in [3.63, 3.8) is 0 Å². The van der Waals surface area contributed by atoms with Gasteiger partial charge in [0.1, 0.15) is 0 Å². The zero-order valence-electron chi connectivity index (χ0n) is 10.9. The summed E-state index contributed by atoms with van der Waals surface area (Å²) in [6.07, 6.45) is 5.12. The van der Waals surface area contributed by atoms with E-state index in [4.69, 9.17) is 0 Å². The fourth-order valence-electron chi connectivity index (χ4n) is 2.38. The van der Waals surface area contributed by atoms with E-state index in [9.17, 15) is 0 Å². The minimum absolute atomic E-state index is 0.337. The molecule has 4 rings (SSSR count). The molecule has 0 spiro atoms. The fraction of sp³-hybridized carbons (Fsp3) is 0.214. The standard InChI is InChI=1S/C14H13N3S3/c1-15-10(12-7-13-11(20-12)2-4-18-13)6-9-8-17-3-5-19-14(17)16-9/h2-5,7-8,10,15H,6H2,1H3. The highest BCUT2D eigenvalue weighted by atomic mass is 32.1. The second kappa shape index (κ2) is 4.96. The second-order valence-corrected chi connectivity index (χ2v) is 7.60. The zero-order valence-corrected chi connectivity index (χ0v) is 13.3. The fourth-order valence-corrected chi connectivity index (χ4v) is 5.33. The lowest BCUT2D eigenvalue weighted by atomic mass is 10.1. The van der Waals surface area contributed by atoms with Crippen LogP contribution in [0.1, 0.15) is 16.6 Å². The summed E-state index contributed by atoms with van der Waals surface area (Å²) in [6, 6.07) is 4.85. The molecule has 4 aromatic rings. The van der Waals surface area contributed by atoms with Crippen molar-refractivity contribution < 1.29 is 0 Å². The quantitative estimate of drug-likeness (QED) is 0.611. The lowest BCUT2D eigenvalue weighted by Gasteiger charge is -2.12. The first-order chi connectivity index (χ1) is 9.83. The van der Waals surface area contributed by atoms with Crippen LogP contribution in [0, 0.1) is 0 Å². The number of nitrogens with one attached hydrogen (secondary N) is 1. The summed E-state index contributed by atoms with van der Waals surface area (Å²) in [7, 11) is 2.02. The van der Waals surface area contributed by atoms with Crippen LogP contribution in [0.2, 0.25) is 0 Å². The van der Waals surface area contributed by atoms with Gasteiger partial charge in [0.15, 0.2) is 4.96 Å². The summed E-state index contributed by atoms with van der Waals surface area (Å²) in [6.45, 7) is 0. The minimum Gasteiger partial charge on any atom is -0.312 e. The average Bonchev–Trinajstić information content (AvgIpc) is 3.13. The minimum atomic E-state index is 0.337. The normalized spacial score (nSPS) is 13.4. The summed E-state index contributed by atoms with van der Waals surface area (Å²) >= 11 is 5.37. The maximum atomic E-state index is 4.68. The van der Waals surface area contributed by atoms with Crippen LogP contribution >= 0.6 is 34.0 Å². The molecule has 4 aromatic heterocycles. The highest BCUT2D eigenvalue weighted by Crippen LogP contribution is 2.34. The lowest BCUT2D eigenvalue weighted by molar-refractivity contribution is 0.596. The first kappa shape index (κ1) is 12.5. The van der Waals surface area contributed by atoms with Gasteiger partial charge in [-0.3, -0.25) is 4.40 Å². The summed E-state index contributed by atoms with van der Waals surface area (Å²) in [5.41, 5.74) is 1.15. The van der Waals surface area contributed by atoms with E-state index in [1.54, 1.807) is 11.3 Å². The third kappa shape index (κ3) is 2.09. The molecule has 0 aromatic carbocycles. The Hall–Kier alpha value is -1.21. The number of nitrogens with zero attached hydrogens (tertiary/aromatic N) is 2. The van der Waals surface area contributed by atoms with Gasteiger partial charge in [-0.1, -0.05) is 0 Å². The van der Waals surface area contributed by atoms with Crippen molar-refractivity contribution in [1.82, 2.24) is 14.7 Å². The molecule has 0 saturated carbocycles. The van der Waals surface area contributed by atoms with Crippen LogP contribution in [0.15, 0.2) is 35.3 Å². The van der Waals surface area contributed by atoms with Gasteiger partial charge < -0.3 is 5.32 Å². The molecule has 0 saturated heterocycles. The van der Waals surface area contributed by atoms with Gasteiger partial charge in [0, 0.05) is 44.5 Å². The highest BCUT2D eigenvalue weighted by molar-refractivity contribution is 7.26. The number of rotatable bonds is 4. The third-order valence-corrected chi connectivity index (χ3v) is 6.38.